The number of hydrogen-bond acceptors (Lipinski definition) is 7. The van der Waals surface area contributed by atoms with Gasteiger partial charge in [0.15, 0.2) is 0 Å². The Hall–Kier alpha value is -4.22. The van der Waals surface area contributed by atoms with E-state index in [1.54, 1.807) is 6.92 Å². The van der Waals surface area contributed by atoms with Gasteiger partial charge in [-0.3, -0.25) is 19.1 Å². The quantitative estimate of drug-likeness (QED) is 0.0982. The first kappa shape index (κ1) is 40.0. The van der Waals surface area contributed by atoms with Gasteiger partial charge in [-0.15, -0.1) is 0 Å². The van der Waals surface area contributed by atoms with E-state index in [2.05, 4.69) is 89.4 Å². The summed E-state index contributed by atoms with van der Waals surface area (Å²) >= 11 is 0. The van der Waals surface area contributed by atoms with Crippen molar-refractivity contribution < 1.29 is 23.8 Å². The molecule has 2 unspecified atom stereocenters. The Morgan fingerprint density at radius 2 is 1.42 bits per heavy atom. The molecule has 11 nitrogen and oxygen atoms in total. The molecule has 1 aliphatic rings. The van der Waals surface area contributed by atoms with Crippen molar-refractivity contribution in [3.8, 4) is 0 Å². The number of ether oxygens (including phenoxy) is 3. The zero-order chi connectivity index (χ0) is 34.7. The van der Waals surface area contributed by atoms with Crippen LogP contribution in [0.3, 0.4) is 0 Å². The van der Waals surface area contributed by atoms with E-state index in [1.165, 1.54) is 10.8 Å². The van der Waals surface area contributed by atoms with Crippen molar-refractivity contribution in [1.29, 1.82) is 0 Å². The van der Waals surface area contributed by atoms with Crippen LogP contribution in [-0.4, -0.2) is 60.6 Å². The van der Waals surface area contributed by atoms with E-state index in [1.807, 2.05) is 6.08 Å². The maximum atomic E-state index is 12.0. The highest BCUT2D eigenvalue weighted by Crippen LogP contribution is 2.27. The molecule has 0 bridgehead atoms. The number of carbonyl (C=O) groups excluding carboxylic acids is 2. The number of rotatable bonds is 23. The summed E-state index contributed by atoms with van der Waals surface area (Å²) in [5, 5.41) is 5.43. The van der Waals surface area contributed by atoms with Gasteiger partial charge < -0.3 is 24.8 Å². The Morgan fingerprint density at radius 1 is 0.854 bits per heavy atom. The first-order valence-electron chi connectivity index (χ1n) is 17.0. The third kappa shape index (κ3) is 18.8. The maximum absolute atomic E-state index is 12.0. The van der Waals surface area contributed by atoms with Gasteiger partial charge >= 0.3 is 11.8 Å². The first-order chi connectivity index (χ1) is 23.4. The van der Waals surface area contributed by atoms with Crippen LogP contribution in [0.25, 0.3) is 0 Å². The molecule has 2 amide bonds. The third-order valence-electron chi connectivity index (χ3n) is 7.16. The summed E-state index contributed by atoms with van der Waals surface area (Å²) < 4.78 is 17.8. The summed E-state index contributed by atoms with van der Waals surface area (Å²) in [6.07, 6.45) is 33.9. The number of amides is 2. The van der Waals surface area contributed by atoms with Crippen LogP contribution in [0, 0.1) is 6.92 Å². The van der Waals surface area contributed by atoms with Crippen LogP contribution >= 0.6 is 0 Å². The number of aryl methyl sites for hydroxylation is 1. The summed E-state index contributed by atoms with van der Waals surface area (Å²) in [7, 11) is 0. The first-order valence-corrected chi connectivity index (χ1v) is 17.0. The van der Waals surface area contributed by atoms with Gasteiger partial charge in [0.25, 0.3) is 5.56 Å². The highest BCUT2D eigenvalue weighted by Gasteiger charge is 2.28. The van der Waals surface area contributed by atoms with E-state index in [0.717, 1.165) is 38.5 Å². The van der Waals surface area contributed by atoms with Crippen molar-refractivity contribution in [2.24, 2.45) is 0 Å². The second kappa shape index (κ2) is 25.8. The number of nitrogens with zero attached hydrogens (tertiary/aromatic N) is 1. The van der Waals surface area contributed by atoms with Gasteiger partial charge in [0.1, 0.15) is 12.8 Å². The Morgan fingerprint density at radius 3 is 2.02 bits per heavy atom. The van der Waals surface area contributed by atoms with Crippen molar-refractivity contribution in [3.63, 3.8) is 0 Å². The molecule has 2 rings (SSSR count). The number of aromatic nitrogens is 2. The average molecular weight is 667 g/mol. The zero-order valence-electron chi connectivity index (χ0n) is 28.6. The Bertz CT molecular complexity index is 1370. The maximum Gasteiger partial charge on any atom is 0.407 e. The molecule has 0 radical (unpaired) electrons. The fraction of sp³-hybridized carbons (Fsp3) is 0.514. The summed E-state index contributed by atoms with van der Waals surface area (Å²) in [6, 6.07) is 0. The monoisotopic (exact) mass is 666 g/mol. The minimum Gasteiger partial charge on any atom is -0.447 e. The molecule has 1 fully saturated rings. The SMILES string of the molecule is CC/C=C\C/C=C\C/C=C\C/C=C\C/C=C\C/C=C\CCC(=O)NCCOCCNC(=O)OCC1CCC(n2cc(C)c(=O)[nH]c2=O)O1. The lowest BCUT2D eigenvalue weighted by Gasteiger charge is -2.16. The van der Waals surface area contributed by atoms with Crippen LogP contribution < -0.4 is 21.9 Å². The second-order valence-corrected chi connectivity index (χ2v) is 11.2. The number of alkyl carbamates (subject to hydrolysis) is 1. The molecule has 2 heterocycles. The van der Waals surface area contributed by atoms with Crippen LogP contribution in [0.15, 0.2) is 88.7 Å². The van der Waals surface area contributed by atoms with Crippen LogP contribution in [-0.2, 0) is 19.0 Å². The smallest absolute Gasteiger partial charge is 0.407 e. The lowest BCUT2D eigenvalue weighted by atomic mass is 10.2. The molecule has 0 aromatic carbocycles. The lowest BCUT2D eigenvalue weighted by molar-refractivity contribution is -0.121. The molecular weight excluding hydrogens is 612 g/mol. The molecule has 1 aromatic heterocycles. The van der Waals surface area contributed by atoms with E-state index in [9.17, 15) is 19.2 Å². The lowest BCUT2D eigenvalue weighted by Crippen LogP contribution is -2.34. The van der Waals surface area contributed by atoms with Gasteiger partial charge in [0.2, 0.25) is 5.91 Å². The molecule has 0 spiro atoms. The molecule has 1 aromatic rings. The minimum atomic E-state index is -0.592. The van der Waals surface area contributed by atoms with E-state index >= 15 is 0 Å². The van der Waals surface area contributed by atoms with Crippen molar-refractivity contribution in [2.75, 3.05) is 32.9 Å². The van der Waals surface area contributed by atoms with E-state index in [0.29, 0.717) is 44.4 Å². The summed E-state index contributed by atoms with van der Waals surface area (Å²) in [6.45, 7) is 5.07. The topological polar surface area (TPSA) is 141 Å². The molecule has 0 aliphatic carbocycles. The van der Waals surface area contributed by atoms with E-state index < -0.39 is 23.6 Å². The molecule has 2 atom stereocenters. The van der Waals surface area contributed by atoms with Gasteiger partial charge in [-0.25, -0.2) is 9.59 Å². The minimum absolute atomic E-state index is 0.0308. The normalized spacial score (nSPS) is 16.9. The number of allylic oxidation sites excluding steroid dienone is 12. The number of aromatic amines is 1. The molecule has 1 aliphatic heterocycles. The highest BCUT2D eigenvalue weighted by molar-refractivity contribution is 5.75. The molecule has 48 heavy (non-hydrogen) atoms. The summed E-state index contributed by atoms with van der Waals surface area (Å²) in [5.74, 6) is -0.0308. The van der Waals surface area contributed by atoms with Crippen molar-refractivity contribution >= 4 is 12.0 Å². The van der Waals surface area contributed by atoms with Crippen LogP contribution in [0.2, 0.25) is 0 Å². The molecular formula is C37H54N4O7. The van der Waals surface area contributed by atoms with Crippen LogP contribution in [0.4, 0.5) is 4.79 Å². The van der Waals surface area contributed by atoms with Crippen molar-refractivity contribution in [1.82, 2.24) is 20.2 Å². The molecule has 1 saturated heterocycles. The average Bonchev–Trinajstić information content (AvgIpc) is 3.55. The highest BCUT2D eigenvalue weighted by atomic mass is 16.6. The van der Waals surface area contributed by atoms with Gasteiger partial charge in [0, 0.05) is 31.3 Å². The Balaban J connectivity index is 1.38. The van der Waals surface area contributed by atoms with Gasteiger partial charge in [-0.05, 0) is 64.7 Å². The van der Waals surface area contributed by atoms with Crippen LogP contribution in [0.1, 0.15) is 82.9 Å². The zero-order valence-corrected chi connectivity index (χ0v) is 28.6. The number of nitrogens with one attached hydrogen (secondary N) is 3. The fourth-order valence-electron chi connectivity index (χ4n) is 4.57. The number of hydrogen-bond donors (Lipinski definition) is 3. The predicted octanol–water partition coefficient (Wildman–Crippen LogP) is 5.86. The third-order valence-corrected chi connectivity index (χ3v) is 7.16. The standard InChI is InChI=1S/C37H54N4O7/c1-3-4-5-6-7-8-9-10-11-12-13-14-15-16-17-18-19-20-21-22-33(42)38-25-27-46-28-26-39-37(45)47-30-32-23-24-34(48-32)41-29-31(2)35(43)40-36(41)44/h4-5,7-8,10-11,13-14,16-17,19-20,29,32,34H,3,6,9,12,15,18,21-28,30H2,1-2H3,(H,38,42)(H,39,45)(H,40,43,44)/b5-4-,8-7-,11-10-,14-13-,17-16-,20-19-. The summed E-state index contributed by atoms with van der Waals surface area (Å²) in [5.41, 5.74) is -0.540. The van der Waals surface area contributed by atoms with Crippen molar-refractivity contribution in [2.45, 2.75) is 90.4 Å². The Kier molecular flexibility index (Phi) is 21.5. The van der Waals surface area contributed by atoms with E-state index in [-0.39, 0.29) is 31.8 Å². The molecule has 0 saturated carbocycles. The largest absolute Gasteiger partial charge is 0.447 e. The summed E-state index contributed by atoms with van der Waals surface area (Å²) in [4.78, 5) is 49.8. The number of H-pyrrole nitrogens is 1. The molecule has 11 heteroatoms. The predicted molar refractivity (Wildman–Crippen MR) is 190 cm³/mol. The van der Waals surface area contributed by atoms with Gasteiger partial charge in [0.05, 0.1) is 19.3 Å². The molecule has 3 N–H and O–H groups in total. The fourth-order valence-corrected chi connectivity index (χ4v) is 4.57. The second-order valence-electron chi connectivity index (χ2n) is 11.2. The van der Waals surface area contributed by atoms with Crippen LogP contribution in [0.5, 0.6) is 0 Å². The Labute approximate surface area is 284 Å². The van der Waals surface area contributed by atoms with E-state index in [4.69, 9.17) is 14.2 Å². The molecule has 264 valence electrons. The number of carbonyl (C=O) groups is 2. The van der Waals surface area contributed by atoms with Crippen molar-refractivity contribution in [3.05, 3.63) is 106 Å². The van der Waals surface area contributed by atoms with Gasteiger partial charge in [-0.1, -0.05) is 79.8 Å². The van der Waals surface area contributed by atoms with Gasteiger partial charge in [-0.2, -0.15) is 0 Å².